The van der Waals surface area contributed by atoms with Gasteiger partial charge in [-0.1, -0.05) is 24.3 Å². The highest BCUT2D eigenvalue weighted by molar-refractivity contribution is 7.89. The molecule has 1 aromatic heterocycles. The number of carbonyl (C=O) groups is 1. The van der Waals surface area contributed by atoms with Gasteiger partial charge in [-0.3, -0.25) is 9.36 Å². The molecule has 0 radical (unpaired) electrons. The van der Waals surface area contributed by atoms with Gasteiger partial charge in [-0.05, 0) is 54.1 Å². The van der Waals surface area contributed by atoms with E-state index in [0.717, 1.165) is 16.7 Å². The smallest absolute Gasteiger partial charge is 0.238 e. The van der Waals surface area contributed by atoms with E-state index in [9.17, 15) is 13.2 Å². The van der Waals surface area contributed by atoms with Crippen molar-refractivity contribution in [3.8, 4) is 5.69 Å². The molecule has 0 aliphatic rings. The SMILES string of the molecule is NS(=O)(=O)c1ccc(CC(=O)Nc2ccc(-n3cnc4ccccc43)cc2)cc1. The van der Waals surface area contributed by atoms with Crippen LogP contribution < -0.4 is 10.5 Å². The van der Waals surface area contributed by atoms with Gasteiger partial charge < -0.3 is 5.32 Å². The number of aromatic nitrogens is 2. The monoisotopic (exact) mass is 406 g/mol. The number of imidazole rings is 1. The summed E-state index contributed by atoms with van der Waals surface area (Å²) in [5.41, 5.74) is 4.22. The zero-order valence-corrected chi connectivity index (χ0v) is 16.1. The molecule has 4 rings (SSSR count). The van der Waals surface area contributed by atoms with E-state index in [2.05, 4.69) is 10.3 Å². The van der Waals surface area contributed by atoms with Gasteiger partial charge in [-0.25, -0.2) is 18.5 Å². The lowest BCUT2D eigenvalue weighted by Gasteiger charge is -2.08. The summed E-state index contributed by atoms with van der Waals surface area (Å²) in [7, 11) is -3.74. The van der Waals surface area contributed by atoms with Crippen LogP contribution in [0.15, 0.2) is 84.0 Å². The number of nitrogens with two attached hydrogens (primary N) is 1. The second-order valence-corrected chi connectivity index (χ2v) is 8.13. The zero-order valence-electron chi connectivity index (χ0n) is 15.3. The van der Waals surface area contributed by atoms with Crippen LogP contribution in [0.3, 0.4) is 0 Å². The molecule has 0 saturated heterocycles. The third-order valence-corrected chi connectivity index (χ3v) is 5.43. The molecule has 0 saturated carbocycles. The largest absolute Gasteiger partial charge is 0.326 e. The molecular formula is C21H18N4O3S. The molecule has 0 fully saturated rings. The van der Waals surface area contributed by atoms with Gasteiger partial charge in [-0.15, -0.1) is 0 Å². The molecule has 1 amide bonds. The van der Waals surface area contributed by atoms with Crippen molar-refractivity contribution in [1.82, 2.24) is 9.55 Å². The lowest BCUT2D eigenvalue weighted by molar-refractivity contribution is -0.115. The average molecular weight is 406 g/mol. The molecule has 0 aliphatic heterocycles. The topological polar surface area (TPSA) is 107 Å². The Morgan fingerprint density at radius 1 is 0.966 bits per heavy atom. The Morgan fingerprint density at radius 3 is 2.34 bits per heavy atom. The van der Waals surface area contributed by atoms with Gasteiger partial charge in [0, 0.05) is 11.4 Å². The highest BCUT2D eigenvalue weighted by Gasteiger charge is 2.09. The first-order valence-electron chi connectivity index (χ1n) is 8.84. The number of hydrogen-bond acceptors (Lipinski definition) is 4. The number of anilines is 1. The second-order valence-electron chi connectivity index (χ2n) is 6.56. The standard InChI is InChI=1S/C21H18N4O3S/c22-29(27,28)18-11-5-15(6-12-18)13-21(26)24-16-7-9-17(10-8-16)25-14-23-19-3-1-2-4-20(19)25/h1-12,14H,13H2,(H,24,26)(H2,22,27,28). The summed E-state index contributed by atoms with van der Waals surface area (Å²) in [6, 6.07) is 21.3. The lowest BCUT2D eigenvalue weighted by Crippen LogP contribution is -2.15. The van der Waals surface area contributed by atoms with Crippen LogP contribution in [0.2, 0.25) is 0 Å². The van der Waals surface area contributed by atoms with Gasteiger partial charge >= 0.3 is 0 Å². The fourth-order valence-corrected chi connectivity index (χ4v) is 3.57. The van der Waals surface area contributed by atoms with E-state index >= 15 is 0 Å². The van der Waals surface area contributed by atoms with Crippen molar-refractivity contribution >= 4 is 32.7 Å². The zero-order chi connectivity index (χ0) is 20.4. The molecule has 0 aliphatic carbocycles. The maximum absolute atomic E-state index is 12.3. The van der Waals surface area contributed by atoms with Gasteiger partial charge in [0.05, 0.1) is 22.3 Å². The quantitative estimate of drug-likeness (QED) is 0.531. The Kier molecular flexibility index (Phi) is 4.87. The van der Waals surface area contributed by atoms with E-state index in [0.29, 0.717) is 11.3 Å². The summed E-state index contributed by atoms with van der Waals surface area (Å²) in [6.45, 7) is 0. The minimum atomic E-state index is -3.74. The summed E-state index contributed by atoms with van der Waals surface area (Å²) in [5.74, 6) is -0.200. The molecule has 3 N–H and O–H groups in total. The van der Waals surface area contributed by atoms with E-state index in [1.54, 1.807) is 18.5 Å². The van der Waals surface area contributed by atoms with Crippen LogP contribution in [0.5, 0.6) is 0 Å². The van der Waals surface area contributed by atoms with Crippen molar-refractivity contribution in [1.29, 1.82) is 0 Å². The van der Waals surface area contributed by atoms with Crippen LogP contribution >= 0.6 is 0 Å². The van der Waals surface area contributed by atoms with Crippen molar-refractivity contribution < 1.29 is 13.2 Å². The number of primary sulfonamides is 1. The van der Waals surface area contributed by atoms with Crippen molar-refractivity contribution in [2.75, 3.05) is 5.32 Å². The van der Waals surface area contributed by atoms with Crippen LogP contribution in [-0.2, 0) is 21.2 Å². The minimum absolute atomic E-state index is 0.0178. The second kappa shape index (κ2) is 7.50. The van der Waals surface area contributed by atoms with Gasteiger partial charge in [0.1, 0.15) is 6.33 Å². The predicted octanol–water partition coefficient (Wildman–Crippen LogP) is 2.85. The Hall–Kier alpha value is -3.49. The third kappa shape index (κ3) is 4.18. The molecule has 146 valence electrons. The maximum atomic E-state index is 12.3. The number of nitrogens with zero attached hydrogens (tertiary/aromatic N) is 2. The molecule has 0 unspecified atom stereocenters. The van der Waals surface area contributed by atoms with Crippen LogP contribution in [0, 0.1) is 0 Å². The highest BCUT2D eigenvalue weighted by atomic mass is 32.2. The van der Waals surface area contributed by atoms with Gasteiger partial charge in [0.2, 0.25) is 15.9 Å². The molecule has 29 heavy (non-hydrogen) atoms. The Balaban J connectivity index is 1.44. The molecule has 4 aromatic rings. The first kappa shape index (κ1) is 18.9. The first-order valence-corrected chi connectivity index (χ1v) is 10.4. The van der Waals surface area contributed by atoms with Crippen LogP contribution in [0.25, 0.3) is 16.7 Å². The molecule has 0 atom stereocenters. The number of benzene rings is 3. The van der Waals surface area contributed by atoms with Gasteiger partial charge in [0.15, 0.2) is 0 Å². The van der Waals surface area contributed by atoms with Crippen molar-refractivity contribution in [2.45, 2.75) is 11.3 Å². The maximum Gasteiger partial charge on any atom is 0.238 e. The number of carbonyl (C=O) groups excluding carboxylic acids is 1. The van der Waals surface area contributed by atoms with Crippen LogP contribution in [0.1, 0.15) is 5.56 Å². The van der Waals surface area contributed by atoms with E-state index in [-0.39, 0.29) is 17.2 Å². The molecule has 7 nitrogen and oxygen atoms in total. The fraction of sp³-hybridized carbons (Fsp3) is 0.0476. The lowest BCUT2D eigenvalue weighted by atomic mass is 10.1. The Bertz CT molecular complexity index is 1280. The van der Waals surface area contributed by atoms with Gasteiger partial charge in [0.25, 0.3) is 0 Å². The van der Waals surface area contributed by atoms with E-state index in [4.69, 9.17) is 5.14 Å². The number of sulfonamides is 1. The molecule has 8 heteroatoms. The number of para-hydroxylation sites is 2. The van der Waals surface area contributed by atoms with E-state index < -0.39 is 10.0 Å². The van der Waals surface area contributed by atoms with Crippen molar-refractivity contribution in [2.24, 2.45) is 5.14 Å². The number of amides is 1. The van der Waals surface area contributed by atoms with E-state index in [1.165, 1.54) is 12.1 Å². The van der Waals surface area contributed by atoms with E-state index in [1.807, 2.05) is 53.1 Å². The summed E-state index contributed by atoms with van der Waals surface area (Å²) < 4.78 is 24.6. The average Bonchev–Trinajstić information content (AvgIpc) is 3.12. The predicted molar refractivity (Wildman–Crippen MR) is 111 cm³/mol. The minimum Gasteiger partial charge on any atom is -0.326 e. The van der Waals surface area contributed by atoms with Gasteiger partial charge in [-0.2, -0.15) is 0 Å². The molecular weight excluding hydrogens is 388 g/mol. The number of fused-ring (bicyclic) bond motifs is 1. The third-order valence-electron chi connectivity index (χ3n) is 4.50. The van der Waals surface area contributed by atoms with Crippen molar-refractivity contribution in [3.63, 3.8) is 0 Å². The van der Waals surface area contributed by atoms with Crippen LogP contribution in [0.4, 0.5) is 5.69 Å². The first-order chi connectivity index (χ1) is 13.9. The molecule has 1 heterocycles. The van der Waals surface area contributed by atoms with Crippen molar-refractivity contribution in [3.05, 3.63) is 84.7 Å². The summed E-state index contributed by atoms with van der Waals surface area (Å²) in [4.78, 5) is 16.7. The Morgan fingerprint density at radius 2 is 1.66 bits per heavy atom. The summed E-state index contributed by atoms with van der Waals surface area (Å²) >= 11 is 0. The summed E-state index contributed by atoms with van der Waals surface area (Å²) in [5, 5.41) is 7.91. The molecule has 3 aromatic carbocycles. The molecule has 0 bridgehead atoms. The Labute approximate surface area is 167 Å². The number of hydrogen-bond donors (Lipinski definition) is 2. The number of nitrogens with one attached hydrogen (secondary N) is 1. The molecule has 0 spiro atoms. The number of rotatable bonds is 5. The highest BCUT2D eigenvalue weighted by Crippen LogP contribution is 2.20. The summed E-state index contributed by atoms with van der Waals surface area (Å²) in [6.07, 6.45) is 1.89. The fourth-order valence-electron chi connectivity index (χ4n) is 3.06. The van der Waals surface area contributed by atoms with Crippen LogP contribution in [-0.4, -0.2) is 23.9 Å². The normalized spacial score (nSPS) is 11.5.